The number of aliphatic carboxylic acids is 2. The predicted octanol–water partition coefficient (Wildman–Crippen LogP) is 2.72. The summed E-state index contributed by atoms with van der Waals surface area (Å²) in [6.07, 6.45) is 1.12. The van der Waals surface area contributed by atoms with Crippen LogP contribution in [-0.2, 0) is 26.0 Å². The van der Waals surface area contributed by atoms with Crippen LogP contribution in [-0.4, -0.2) is 84.9 Å². The number of hydrogen-bond acceptors (Lipinski definition) is 6. The zero-order valence-electron chi connectivity index (χ0n) is 21.3. The second-order valence-electron chi connectivity index (χ2n) is 8.38. The number of carboxylic acid groups (broad SMARTS) is 2. The largest absolute Gasteiger partial charge is 0.478 e. The molecule has 0 spiro atoms. The summed E-state index contributed by atoms with van der Waals surface area (Å²) < 4.78 is 25.0. The molecule has 2 aromatic rings. The zero-order valence-corrected chi connectivity index (χ0v) is 22.1. The summed E-state index contributed by atoms with van der Waals surface area (Å²) in [6.45, 7) is 5.93. The third kappa shape index (κ3) is 13.3. The summed E-state index contributed by atoms with van der Waals surface area (Å²) in [5.41, 5.74) is 1.22. The Labute approximate surface area is 218 Å². The first-order valence-corrected chi connectivity index (χ1v) is 13.3. The van der Waals surface area contributed by atoms with E-state index in [9.17, 15) is 22.8 Å². The molecule has 2 amide bonds. The number of nitrogens with zero attached hydrogens (tertiary/aromatic N) is 2. The van der Waals surface area contributed by atoms with E-state index in [2.05, 4.69) is 22.3 Å². The van der Waals surface area contributed by atoms with Crippen molar-refractivity contribution >= 4 is 27.8 Å². The van der Waals surface area contributed by atoms with Gasteiger partial charge in [-0.15, -0.1) is 0 Å². The van der Waals surface area contributed by atoms with Crippen molar-refractivity contribution in [3.63, 3.8) is 0 Å². The highest BCUT2D eigenvalue weighted by Crippen LogP contribution is 2.11. The third-order valence-electron chi connectivity index (χ3n) is 5.02. The molecule has 0 aromatic heterocycles. The molecule has 0 atom stereocenters. The van der Waals surface area contributed by atoms with Gasteiger partial charge in [0.05, 0.1) is 10.6 Å². The summed E-state index contributed by atoms with van der Waals surface area (Å²) in [4.78, 5) is 35.7. The van der Waals surface area contributed by atoms with E-state index >= 15 is 0 Å². The van der Waals surface area contributed by atoms with Gasteiger partial charge in [0, 0.05) is 44.4 Å². The lowest BCUT2D eigenvalue weighted by atomic mass is 10.2. The Morgan fingerprint density at radius 2 is 1.41 bits per heavy atom. The summed E-state index contributed by atoms with van der Waals surface area (Å²) >= 11 is 0. The number of rotatable bonds is 12. The van der Waals surface area contributed by atoms with Crippen molar-refractivity contribution in [2.24, 2.45) is 0 Å². The molecule has 0 bridgehead atoms. The van der Waals surface area contributed by atoms with Crippen molar-refractivity contribution in [3.8, 4) is 0 Å². The van der Waals surface area contributed by atoms with Gasteiger partial charge in [0.1, 0.15) is 0 Å². The number of carbonyl (C=O) groups is 3. The maximum Gasteiger partial charge on any atom is 0.328 e. The molecule has 0 heterocycles. The maximum atomic E-state index is 12.6. The summed E-state index contributed by atoms with van der Waals surface area (Å²) in [6, 6.07) is 18.2. The van der Waals surface area contributed by atoms with Crippen LogP contribution in [0.2, 0.25) is 0 Å². The van der Waals surface area contributed by atoms with Gasteiger partial charge in [-0.05, 0) is 38.6 Å². The van der Waals surface area contributed by atoms with Gasteiger partial charge in [-0.1, -0.05) is 48.5 Å². The van der Waals surface area contributed by atoms with E-state index < -0.39 is 21.8 Å². The molecule has 0 radical (unpaired) electrons. The van der Waals surface area contributed by atoms with Gasteiger partial charge in [-0.2, -0.15) is 0 Å². The Balaban J connectivity index is 0.000000738. The average molecular weight is 534 g/mol. The Kier molecular flexibility index (Phi) is 13.7. The SMILES string of the molecule is CC(C)N(CCS(=O)(=O)c1ccccc1)C(=O)NCCN(C)Cc1ccccc1.O=C(O)C=CC(=O)O. The molecule has 0 aliphatic rings. The molecule has 3 N–H and O–H groups in total. The fourth-order valence-electron chi connectivity index (χ4n) is 3.13. The number of hydrogen-bond donors (Lipinski definition) is 3. The van der Waals surface area contributed by atoms with E-state index in [-0.39, 0.29) is 29.3 Å². The summed E-state index contributed by atoms with van der Waals surface area (Å²) in [5.74, 6) is -2.61. The number of sulfone groups is 1. The molecule has 2 rings (SSSR count). The van der Waals surface area contributed by atoms with Crippen LogP contribution in [0.4, 0.5) is 4.79 Å². The zero-order chi connectivity index (χ0) is 27.8. The van der Waals surface area contributed by atoms with Gasteiger partial charge in [0.25, 0.3) is 0 Å². The first kappa shape index (κ1) is 31.3. The molecule has 11 heteroatoms. The number of nitrogens with one attached hydrogen (secondary N) is 1. The van der Waals surface area contributed by atoms with Crippen LogP contribution in [0.1, 0.15) is 19.4 Å². The van der Waals surface area contributed by atoms with Crippen LogP contribution in [0.15, 0.2) is 77.7 Å². The number of benzene rings is 2. The molecule has 10 nitrogen and oxygen atoms in total. The molecule has 0 aliphatic heterocycles. The van der Waals surface area contributed by atoms with Crippen molar-refractivity contribution in [3.05, 3.63) is 78.4 Å². The van der Waals surface area contributed by atoms with Crippen molar-refractivity contribution in [2.75, 3.05) is 32.4 Å². The lowest BCUT2D eigenvalue weighted by Gasteiger charge is -2.27. The van der Waals surface area contributed by atoms with E-state index in [0.717, 1.165) is 6.54 Å². The van der Waals surface area contributed by atoms with Crippen molar-refractivity contribution < 1.29 is 33.0 Å². The predicted molar refractivity (Wildman–Crippen MR) is 141 cm³/mol. The molecular weight excluding hydrogens is 498 g/mol. The monoisotopic (exact) mass is 533 g/mol. The number of urea groups is 1. The van der Waals surface area contributed by atoms with Gasteiger partial charge in [-0.25, -0.2) is 22.8 Å². The Hall–Kier alpha value is -3.70. The van der Waals surface area contributed by atoms with Crippen LogP contribution < -0.4 is 5.32 Å². The smallest absolute Gasteiger partial charge is 0.328 e. The van der Waals surface area contributed by atoms with Gasteiger partial charge in [0.15, 0.2) is 9.84 Å². The Morgan fingerprint density at radius 1 is 0.892 bits per heavy atom. The Morgan fingerprint density at radius 3 is 1.89 bits per heavy atom. The lowest BCUT2D eigenvalue weighted by Crippen LogP contribution is -2.47. The van der Waals surface area contributed by atoms with Crippen LogP contribution in [0.3, 0.4) is 0 Å². The first-order valence-electron chi connectivity index (χ1n) is 11.6. The quantitative estimate of drug-likeness (QED) is 0.353. The first-order chi connectivity index (χ1) is 17.4. The number of amides is 2. The minimum atomic E-state index is -3.42. The maximum absolute atomic E-state index is 12.6. The molecule has 0 fully saturated rings. The van der Waals surface area contributed by atoms with Crippen molar-refractivity contribution in [1.29, 1.82) is 0 Å². The lowest BCUT2D eigenvalue weighted by molar-refractivity contribution is -0.134. The second-order valence-corrected chi connectivity index (χ2v) is 10.5. The third-order valence-corrected chi connectivity index (χ3v) is 6.73. The van der Waals surface area contributed by atoms with E-state index in [1.165, 1.54) is 5.56 Å². The van der Waals surface area contributed by atoms with Crippen LogP contribution in [0.25, 0.3) is 0 Å². The molecule has 0 aliphatic carbocycles. The topological polar surface area (TPSA) is 144 Å². The number of carbonyl (C=O) groups excluding carboxylic acids is 1. The number of likely N-dealkylation sites (N-methyl/N-ethyl adjacent to an activating group) is 1. The minimum absolute atomic E-state index is 0.0944. The van der Waals surface area contributed by atoms with Gasteiger partial charge >= 0.3 is 18.0 Å². The Bertz CT molecular complexity index is 1110. The average Bonchev–Trinajstić information content (AvgIpc) is 2.84. The fourth-order valence-corrected chi connectivity index (χ4v) is 4.37. The fraction of sp³-hybridized carbons (Fsp3) is 0.346. The summed E-state index contributed by atoms with van der Waals surface area (Å²) in [5, 5.41) is 18.5. The van der Waals surface area contributed by atoms with Gasteiger partial charge in [0.2, 0.25) is 0 Å². The van der Waals surface area contributed by atoms with Crippen molar-refractivity contribution in [2.45, 2.75) is 31.3 Å². The molecular formula is C26H35N3O7S. The van der Waals surface area contributed by atoms with Gasteiger partial charge < -0.3 is 25.3 Å². The highest BCUT2D eigenvalue weighted by molar-refractivity contribution is 7.91. The number of carboxylic acids is 2. The van der Waals surface area contributed by atoms with E-state index in [4.69, 9.17) is 10.2 Å². The normalized spacial score (nSPS) is 11.2. The molecule has 37 heavy (non-hydrogen) atoms. The van der Waals surface area contributed by atoms with Gasteiger partial charge in [-0.3, -0.25) is 0 Å². The standard InChI is InChI=1S/C22H31N3O3S.C4H4O4/c1-19(2)25(16-17-29(27,28)21-12-8-5-9-13-21)22(26)23-14-15-24(3)18-20-10-6-4-7-11-20;5-3(6)1-2-4(7)8/h4-13,19H,14-18H2,1-3H3,(H,23,26);1-2H,(H,5,6)(H,7,8). The van der Waals surface area contributed by atoms with Crippen LogP contribution in [0, 0.1) is 0 Å². The molecule has 0 unspecified atom stereocenters. The minimum Gasteiger partial charge on any atom is -0.478 e. The van der Waals surface area contributed by atoms with E-state index in [1.54, 1.807) is 35.2 Å². The van der Waals surface area contributed by atoms with Crippen LogP contribution >= 0.6 is 0 Å². The van der Waals surface area contributed by atoms with E-state index in [1.807, 2.05) is 39.1 Å². The highest BCUT2D eigenvalue weighted by atomic mass is 32.2. The van der Waals surface area contributed by atoms with Crippen LogP contribution in [0.5, 0.6) is 0 Å². The van der Waals surface area contributed by atoms with Crippen molar-refractivity contribution in [1.82, 2.24) is 15.1 Å². The summed E-state index contributed by atoms with van der Waals surface area (Å²) in [7, 11) is -1.42. The molecule has 2 aromatic carbocycles. The van der Waals surface area contributed by atoms with E-state index in [0.29, 0.717) is 25.2 Å². The highest BCUT2D eigenvalue weighted by Gasteiger charge is 2.21. The second kappa shape index (κ2) is 16.1. The molecule has 0 saturated carbocycles. The molecule has 0 saturated heterocycles. The molecule has 202 valence electrons.